The largest absolute Gasteiger partial charge is 0.493 e. The molecule has 130 valence electrons. The van der Waals surface area contributed by atoms with Crippen LogP contribution < -0.4 is 14.8 Å². The fourth-order valence-electron chi connectivity index (χ4n) is 2.22. The molecule has 6 heteroatoms. The van der Waals surface area contributed by atoms with Gasteiger partial charge in [-0.05, 0) is 52.7 Å². The van der Waals surface area contributed by atoms with E-state index in [4.69, 9.17) is 26.2 Å². The normalized spacial score (nSPS) is 10.7. The first-order chi connectivity index (χ1) is 11.7. The average molecular weight is 415 g/mol. The van der Waals surface area contributed by atoms with Crippen LogP contribution in [0.2, 0.25) is 5.02 Å². The Balaban J connectivity index is 2.08. The Hall–Kier alpha value is -1.27. The van der Waals surface area contributed by atoms with Crippen molar-refractivity contribution >= 4 is 27.5 Å². The minimum Gasteiger partial charge on any atom is -0.493 e. The molecule has 0 aromatic heterocycles. The van der Waals surface area contributed by atoms with E-state index in [1.165, 1.54) is 0 Å². The summed E-state index contributed by atoms with van der Waals surface area (Å²) in [5.74, 6) is 1.31. The molecule has 0 aliphatic heterocycles. The van der Waals surface area contributed by atoms with Crippen LogP contribution in [0.25, 0.3) is 0 Å². The fraction of sp³-hybridized carbons (Fsp3) is 0.333. The molecular formula is C18H21BrClNO3. The molecule has 0 aliphatic carbocycles. The van der Waals surface area contributed by atoms with E-state index >= 15 is 0 Å². The molecule has 2 aromatic rings. The number of rotatable bonds is 9. The smallest absolute Gasteiger partial charge is 0.175 e. The summed E-state index contributed by atoms with van der Waals surface area (Å²) in [4.78, 5) is 0. The van der Waals surface area contributed by atoms with Gasteiger partial charge in [0.2, 0.25) is 0 Å². The maximum Gasteiger partial charge on any atom is 0.175 e. The van der Waals surface area contributed by atoms with E-state index in [9.17, 15) is 0 Å². The van der Waals surface area contributed by atoms with Gasteiger partial charge in [0.25, 0.3) is 0 Å². The van der Waals surface area contributed by atoms with E-state index in [-0.39, 0.29) is 6.61 Å². The molecule has 0 saturated carbocycles. The van der Waals surface area contributed by atoms with Gasteiger partial charge in [-0.1, -0.05) is 29.8 Å². The van der Waals surface area contributed by atoms with E-state index in [0.717, 1.165) is 28.6 Å². The Labute approximate surface area is 155 Å². The molecule has 0 spiro atoms. The molecule has 0 bridgehead atoms. The maximum absolute atomic E-state index is 8.81. The van der Waals surface area contributed by atoms with Crippen LogP contribution in [0.1, 0.15) is 17.5 Å². The van der Waals surface area contributed by atoms with Crippen LogP contribution in [-0.4, -0.2) is 25.4 Å². The van der Waals surface area contributed by atoms with E-state index < -0.39 is 0 Å². The third kappa shape index (κ3) is 5.38. The summed E-state index contributed by atoms with van der Waals surface area (Å²) in [7, 11) is 1.62. The number of nitrogens with one attached hydrogen (secondary N) is 1. The number of methoxy groups -OCH3 is 1. The van der Waals surface area contributed by atoms with Gasteiger partial charge in [-0.2, -0.15) is 0 Å². The van der Waals surface area contributed by atoms with Gasteiger partial charge in [-0.3, -0.25) is 0 Å². The Kier molecular flexibility index (Phi) is 7.85. The monoisotopic (exact) mass is 413 g/mol. The summed E-state index contributed by atoms with van der Waals surface area (Å²) < 4.78 is 12.2. The van der Waals surface area contributed by atoms with E-state index in [1.54, 1.807) is 7.11 Å². The molecule has 24 heavy (non-hydrogen) atoms. The summed E-state index contributed by atoms with van der Waals surface area (Å²) in [6.45, 7) is 2.01. The molecule has 0 aliphatic rings. The van der Waals surface area contributed by atoms with Crippen LogP contribution in [-0.2, 0) is 13.2 Å². The van der Waals surface area contributed by atoms with Crippen molar-refractivity contribution < 1.29 is 14.6 Å². The zero-order valence-electron chi connectivity index (χ0n) is 13.5. The molecule has 0 amide bonds. The van der Waals surface area contributed by atoms with Crippen molar-refractivity contribution in [3.63, 3.8) is 0 Å². The van der Waals surface area contributed by atoms with Crippen molar-refractivity contribution in [3.8, 4) is 11.5 Å². The minimum atomic E-state index is 0.189. The summed E-state index contributed by atoms with van der Waals surface area (Å²) in [5, 5.41) is 12.8. The number of halogens is 2. The number of hydrogen-bond donors (Lipinski definition) is 2. The van der Waals surface area contributed by atoms with Gasteiger partial charge >= 0.3 is 0 Å². The predicted octanol–water partition coefficient (Wildman–Crippen LogP) is 4.16. The molecular weight excluding hydrogens is 394 g/mol. The Morgan fingerprint density at radius 3 is 2.75 bits per heavy atom. The van der Waals surface area contributed by atoms with Gasteiger partial charge < -0.3 is 19.9 Å². The topological polar surface area (TPSA) is 50.7 Å². The van der Waals surface area contributed by atoms with Crippen LogP contribution in [0.4, 0.5) is 0 Å². The lowest BCUT2D eigenvalue weighted by atomic mass is 10.2. The Morgan fingerprint density at radius 1 is 1.25 bits per heavy atom. The second kappa shape index (κ2) is 9.89. The highest BCUT2D eigenvalue weighted by atomic mass is 79.9. The highest BCUT2D eigenvalue weighted by Crippen LogP contribution is 2.37. The van der Waals surface area contributed by atoms with Crippen LogP contribution in [0, 0.1) is 0 Å². The standard InChI is InChI=1S/C18H21BrClNO3/c1-23-17-10-13(11-21-7-4-8-22)9-15(19)18(17)24-12-14-5-2-3-6-16(14)20/h2-3,5-6,9-10,21-22H,4,7-8,11-12H2,1H3. The fourth-order valence-corrected chi connectivity index (χ4v) is 3.01. The van der Waals surface area contributed by atoms with Crippen LogP contribution >= 0.6 is 27.5 Å². The lowest BCUT2D eigenvalue weighted by molar-refractivity contribution is 0.282. The van der Waals surface area contributed by atoms with Crippen molar-refractivity contribution in [2.75, 3.05) is 20.3 Å². The molecule has 0 radical (unpaired) electrons. The molecule has 4 nitrogen and oxygen atoms in total. The van der Waals surface area contributed by atoms with Gasteiger partial charge in [0.15, 0.2) is 11.5 Å². The molecule has 0 unspecified atom stereocenters. The van der Waals surface area contributed by atoms with Crippen molar-refractivity contribution in [3.05, 3.63) is 57.0 Å². The van der Waals surface area contributed by atoms with Crippen molar-refractivity contribution in [2.24, 2.45) is 0 Å². The minimum absolute atomic E-state index is 0.189. The van der Waals surface area contributed by atoms with Crippen LogP contribution in [0.5, 0.6) is 11.5 Å². The van der Waals surface area contributed by atoms with Gasteiger partial charge in [-0.25, -0.2) is 0 Å². The zero-order valence-corrected chi connectivity index (χ0v) is 15.9. The first-order valence-electron chi connectivity index (χ1n) is 7.70. The lowest BCUT2D eigenvalue weighted by Crippen LogP contribution is -2.15. The third-order valence-corrected chi connectivity index (χ3v) is 4.42. The van der Waals surface area contributed by atoms with Crippen molar-refractivity contribution in [1.82, 2.24) is 5.32 Å². The predicted molar refractivity (Wildman–Crippen MR) is 99.9 cm³/mol. The number of ether oxygens (including phenoxy) is 2. The number of aliphatic hydroxyl groups is 1. The first-order valence-corrected chi connectivity index (χ1v) is 8.87. The number of hydrogen-bond acceptors (Lipinski definition) is 4. The van der Waals surface area contributed by atoms with E-state index in [1.807, 2.05) is 36.4 Å². The summed E-state index contributed by atoms with van der Waals surface area (Å²) in [5.41, 5.74) is 1.99. The molecule has 2 aromatic carbocycles. The Bertz CT molecular complexity index is 667. The van der Waals surface area contributed by atoms with Crippen LogP contribution in [0.3, 0.4) is 0 Å². The number of aliphatic hydroxyl groups excluding tert-OH is 1. The average Bonchev–Trinajstić information content (AvgIpc) is 2.58. The quantitative estimate of drug-likeness (QED) is 0.605. The Morgan fingerprint density at radius 2 is 2.04 bits per heavy atom. The molecule has 0 atom stereocenters. The highest BCUT2D eigenvalue weighted by Gasteiger charge is 2.12. The summed E-state index contributed by atoms with van der Waals surface area (Å²) in [6.07, 6.45) is 0.733. The molecule has 2 rings (SSSR count). The van der Waals surface area contributed by atoms with Gasteiger partial charge in [0, 0.05) is 23.7 Å². The maximum atomic E-state index is 8.81. The first kappa shape index (κ1) is 19.1. The van der Waals surface area contributed by atoms with E-state index in [0.29, 0.717) is 29.7 Å². The van der Waals surface area contributed by atoms with E-state index in [2.05, 4.69) is 21.2 Å². The van der Waals surface area contributed by atoms with Crippen molar-refractivity contribution in [1.29, 1.82) is 0 Å². The highest BCUT2D eigenvalue weighted by molar-refractivity contribution is 9.10. The van der Waals surface area contributed by atoms with Gasteiger partial charge in [0.05, 0.1) is 11.6 Å². The number of benzene rings is 2. The summed E-state index contributed by atoms with van der Waals surface area (Å²) in [6, 6.07) is 11.5. The zero-order chi connectivity index (χ0) is 17.4. The SMILES string of the molecule is COc1cc(CNCCCO)cc(Br)c1OCc1ccccc1Cl. The summed E-state index contributed by atoms with van der Waals surface area (Å²) >= 11 is 9.71. The molecule has 2 N–H and O–H groups in total. The molecule has 0 fully saturated rings. The van der Waals surface area contributed by atoms with Gasteiger partial charge in [0.1, 0.15) is 6.61 Å². The molecule has 0 heterocycles. The molecule has 0 saturated heterocycles. The second-order valence-electron chi connectivity index (χ2n) is 5.24. The van der Waals surface area contributed by atoms with Crippen LogP contribution in [0.15, 0.2) is 40.9 Å². The van der Waals surface area contributed by atoms with Crippen molar-refractivity contribution in [2.45, 2.75) is 19.6 Å². The second-order valence-corrected chi connectivity index (χ2v) is 6.50. The third-order valence-electron chi connectivity index (χ3n) is 3.46. The van der Waals surface area contributed by atoms with Gasteiger partial charge in [-0.15, -0.1) is 0 Å². The lowest BCUT2D eigenvalue weighted by Gasteiger charge is -2.15.